The third kappa shape index (κ3) is 3.71. The van der Waals surface area contributed by atoms with Crippen LogP contribution in [0.4, 0.5) is 5.69 Å². The third-order valence-electron chi connectivity index (χ3n) is 3.98. The van der Waals surface area contributed by atoms with Crippen LogP contribution in [0.1, 0.15) is 31.7 Å². The second-order valence-corrected chi connectivity index (χ2v) is 5.58. The molecule has 1 N–H and O–H groups in total. The Bertz CT molecular complexity index is 392. The first-order valence-electron chi connectivity index (χ1n) is 7.28. The number of fused-ring (bicyclic) bond motifs is 1. The molecule has 0 radical (unpaired) electrons. The molecule has 0 amide bonds. The van der Waals surface area contributed by atoms with Crippen LogP contribution < -0.4 is 5.32 Å². The van der Waals surface area contributed by atoms with E-state index in [1.807, 2.05) is 0 Å². The molecule has 1 atom stereocenters. The van der Waals surface area contributed by atoms with Crippen LogP contribution >= 0.6 is 0 Å². The molecule has 0 aliphatic carbocycles. The van der Waals surface area contributed by atoms with Gasteiger partial charge < -0.3 is 10.1 Å². The maximum Gasteiger partial charge on any atom is 0.0589 e. The number of benzene rings is 1. The van der Waals surface area contributed by atoms with E-state index in [-0.39, 0.29) is 0 Å². The smallest absolute Gasteiger partial charge is 0.0589 e. The standard InChI is InChI=1S/C16H26N2O/c1-13(2)18(10-11-19-3)12-14-8-9-17-16-7-5-4-6-15(14)16/h4-7,13-14,17H,8-12H2,1-3H3. The van der Waals surface area contributed by atoms with Crippen molar-refractivity contribution in [3.63, 3.8) is 0 Å². The van der Waals surface area contributed by atoms with Crippen LogP contribution in [0.15, 0.2) is 24.3 Å². The fraction of sp³-hybridized carbons (Fsp3) is 0.625. The van der Waals surface area contributed by atoms with E-state index in [0.29, 0.717) is 12.0 Å². The highest BCUT2D eigenvalue weighted by Crippen LogP contribution is 2.32. The van der Waals surface area contributed by atoms with E-state index in [2.05, 4.69) is 48.3 Å². The molecular formula is C16H26N2O. The zero-order valence-corrected chi connectivity index (χ0v) is 12.4. The molecule has 19 heavy (non-hydrogen) atoms. The topological polar surface area (TPSA) is 24.5 Å². The lowest BCUT2D eigenvalue weighted by Gasteiger charge is -2.34. The van der Waals surface area contributed by atoms with Crippen LogP contribution in [0, 0.1) is 0 Å². The molecule has 0 saturated heterocycles. The van der Waals surface area contributed by atoms with Crippen LogP contribution in [0.5, 0.6) is 0 Å². The summed E-state index contributed by atoms with van der Waals surface area (Å²) >= 11 is 0. The Morgan fingerprint density at radius 3 is 2.89 bits per heavy atom. The minimum absolute atomic E-state index is 0.567. The highest BCUT2D eigenvalue weighted by atomic mass is 16.5. The van der Waals surface area contributed by atoms with Crippen LogP contribution in [0.3, 0.4) is 0 Å². The first-order valence-corrected chi connectivity index (χ1v) is 7.28. The summed E-state index contributed by atoms with van der Waals surface area (Å²) in [6.07, 6.45) is 1.22. The third-order valence-corrected chi connectivity index (χ3v) is 3.98. The normalized spacial score (nSPS) is 18.5. The molecule has 1 aromatic carbocycles. The van der Waals surface area contributed by atoms with Gasteiger partial charge in [0.25, 0.3) is 0 Å². The molecule has 1 unspecified atom stereocenters. The predicted molar refractivity (Wildman–Crippen MR) is 80.9 cm³/mol. The van der Waals surface area contributed by atoms with E-state index in [9.17, 15) is 0 Å². The second-order valence-electron chi connectivity index (χ2n) is 5.58. The van der Waals surface area contributed by atoms with Crippen molar-refractivity contribution in [2.75, 3.05) is 38.7 Å². The quantitative estimate of drug-likeness (QED) is 0.853. The molecule has 0 aromatic heterocycles. The molecule has 1 heterocycles. The number of rotatable bonds is 6. The number of hydrogen-bond acceptors (Lipinski definition) is 3. The molecule has 0 saturated carbocycles. The van der Waals surface area contributed by atoms with Crippen LogP contribution in [-0.4, -0.2) is 44.3 Å². The van der Waals surface area contributed by atoms with E-state index in [0.717, 1.165) is 26.2 Å². The Hall–Kier alpha value is -1.06. The van der Waals surface area contributed by atoms with Gasteiger partial charge in [-0.15, -0.1) is 0 Å². The van der Waals surface area contributed by atoms with Crippen LogP contribution in [0.2, 0.25) is 0 Å². The van der Waals surface area contributed by atoms with Crippen molar-refractivity contribution >= 4 is 5.69 Å². The zero-order chi connectivity index (χ0) is 13.7. The van der Waals surface area contributed by atoms with Crippen LogP contribution in [-0.2, 0) is 4.74 Å². The molecule has 1 aliphatic rings. The van der Waals surface area contributed by atoms with E-state index < -0.39 is 0 Å². The van der Waals surface area contributed by atoms with E-state index in [1.54, 1.807) is 7.11 Å². The Morgan fingerprint density at radius 1 is 1.37 bits per heavy atom. The minimum atomic E-state index is 0.567. The molecule has 0 spiro atoms. The monoisotopic (exact) mass is 262 g/mol. The van der Waals surface area contributed by atoms with Gasteiger partial charge in [-0.2, -0.15) is 0 Å². The van der Waals surface area contributed by atoms with Gasteiger partial charge in [-0.05, 0) is 31.9 Å². The molecule has 3 nitrogen and oxygen atoms in total. The summed E-state index contributed by atoms with van der Waals surface area (Å²) < 4.78 is 5.23. The van der Waals surface area contributed by atoms with Crippen molar-refractivity contribution in [2.45, 2.75) is 32.2 Å². The van der Waals surface area contributed by atoms with Gasteiger partial charge in [0.2, 0.25) is 0 Å². The second kappa shape index (κ2) is 6.92. The average Bonchev–Trinajstić information content (AvgIpc) is 2.43. The number of nitrogens with zero attached hydrogens (tertiary/aromatic N) is 1. The lowest BCUT2D eigenvalue weighted by molar-refractivity contribution is 0.123. The number of ether oxygens (including phenoxy) is 1. The van der Waals surface area contributed by atoms with Gasteiger partial charge in [0.05, 0.1) is 6.61 Å². The fourth-order valence-corrected chi connectivity index (χ4v) is 2.79. The molecule has 1 aliphatic heterocycles. The van der Waals surface area contributed by atoms with Crippen molar-refractivity contribution in [3.05, 3.63) is 29.8 Å². The fourth-order valence-electron chi connectivity index (χ4n) is 2.79. The molecule has 1 aromatic rings. The number of nitrogens with one attached hydrogen (secondary N) is 1. The van der Waals surface area contributed by atoms with Gasteiger partial charge in [0.1, 0.15) is 0 Å². The summed E-state index contributed by atoms with van der Waals surface area (Å²) in [5.74, 6) is 0.636. The number of hydrogen-bond donors (Lipinski definition) is 1. The SMILES string of the molecule is COCCN(CC1CCNc2ccccc21)C(C)C. The van der Waals surface area contributed by atoms with Gasteiger partial charge in [-0.25, -0.2) is 0 Å². The summed E-state index contributed by atoms with van der Waals surface area (Å²) in [5.41, 5.74) is 2.78. The Morgan fingerprint density at radius 2 is 2.16 bits per heavy atom. The zero-order valence-electron chi connectivity index (χ0n) is 12.4. The van der Waals surface area contributed by atoms with Gasteiger partial charge in [0, 0.05) is 44.4 Å². The highest BCUT2D eigenvalue weighted by Gasteiger charge is 2.22. The number of methoxy groups -OCH3 is 1. The van der Waals surface area contributed by atoms with E-state index in [4.69, 9.17) is 4.74 Å². The van der Waals surface area contributed by atoms with Crippen molar-refractivity contribution in [1.29, 1.82) is 0 Å². The lowest BCUT2D eigenvalue weighted by atomic mass is 9.90. The van der Waals surface area contributed by atoms with Crippen LogP contribution in [0.25, 0.3) is 0 Å². The number of para-hydroxylation sites is 1. The predicted octanol–water partition coefficient (Wildman–Crippen LogP) is 2.94. The van der Waals surface area contributed by atoms with Crippen molar-refractivity contribution < 1.29 is 4.74 Å². The minimum Gasteiger partial charge on any atom is -0.385 e. The van der Waals surface area contributed by atoms with E-state index >= 15 is 0 Å². The summed E-state index contributed by atoms with van der Waals surface area (Å²) in [6.45, 7) is 8.56. The summed E-state index contributed by atoms with van der Waals surface area (Å²) in [5, 5.41) is 3.50. The Labute approximate surface area is 116 Å². The van der Waals surface area contributed by atoms with Gasteiger partial charge in [0.15, 0.2) is 0 Å². The van der Waals surface area contributed by atoms with E-state index in [1.165, 1.54) is 17.7 Å². The summed E-state index contributed by atoms with van der Waals surface area (Å²) in [4.78, 5) is 2.52. The largest absolute Gasteiger partial charge is 0.385 e. The van der Waals surface area contributed by atoms with Gasteiger partial charge >= 0.3 is 0 Å². The molecule has 3 heteroatoms. The maximum absolute atomic E-state index is 5.23. The molecule has 0 bridgehead atoms. The lowest BCUT2D eigenvalue weighted by Crippen LogP contribution is -2.38. The van der Waals surface area contributed by atoms with Crippen molar-refractivity contribution in [2.24, 2.45) is 0 Å². The summed E-state index contributed by atoms with van der Waals surface area (Å²) in [6, 6.07) is 9.28. The van der Waals surface area contributed by atoms with Gasteiger partial charge in [-0.3, -0.25) is 4.90 Å². The molecule has 2 rings (SSSR count). The van der Waals surface area contributed by atoms with Crippen molar-refractivity contribution in [1.82, 2.24) is 4.90 Å². The highest BCUT2D eigenvalue weighted by molar-refractivity contribution is 5.54. The Kier molecular flexibility index (Phi) is 5.23. The van der Waals surface area contributed by atoms with Crippen molar-refractivity contribution in [3.8, 4) is 0 Å². The number of anilines is 1. The first kappa shape index (κ1) is 14.4. The maximum atomic E-state index is 5.23. The first-order chi connectivity index (χ1) is 9.22. The summed E-state index contributed by atoms with van der Waals surface area (Å²) in [7, 11) is 1.78. The average molecular weight is 262 g/mol. The van der Waals surface area contributed by atoms with Gasteiger partial charge in [-0.1, -0.05) is 18.2 Å². The molecular weight excluding hydrogens is 236 g/mol. The molecule has 106 valence electrons. The Balaban J connectivity index is 2.05. The molecule has 0 fully saturated rings.